The van der Waals surface area contributed by atoms with Gasteiger partial charge in [0.05, 0.1) is 42.8 Å². The van der Waals surface area contributed by atoms with Crippen molar-refractivity contribution in [2.75, 3.05) is 43.9 Å². The topological polar surface area (TPSA) is 79.8 Å². The summed E-state index contributed by atoms with van der Waals surface area (Å²) in [6.45, 7) is 5.77. The number of nitrogens with one attached hydrogen (secondary N) is 3. The summed E-state index contributed by atoms with van der Waals surface area (Å²) in [6, 6.07) is 12.5. The number of morpholine rings is 1. The highest BCUT2D eigenvalue weighted by Crippen LogP contribution is 2.40. The first-order valence-electron chi connectivity index (χ1n) is 16.1. The number of hydrogen-bond acceptors (Lipinski definition) is 6. The average molecular weight is 638 g/mol. The van der Waals surface area contributed by atoms with E-state index in [1.54, 1.807) is 36.4 Å². The van der Waals surface area contributed by atoms with Crippen LogP contribution in [0.15, 0.2) is 42.5 Å². The SMILES string of the molecule is CCNC(=O)c1ccc(NCC#Cc2cc3c(NC4CCC(C)(N5CC6CC(C5)O6)CC4)cccc3n2CC(F)(F)F)c(OC)c1. The summed E-state index contributed by atoms with van der Waals surface area (Å²) in [4.78, 5) is 14.8. The standard InChI is InChI=1S/C35H42F3N5O3/c1-4-39-33(44)23-10-11-30(32(17-23)45-3)40-16-6-7-25-18-28-29(8-5-9-31(28)43(25)22-35(36,37)38)41-24-12-14-34(2,15-13-24)42-20-26-19-27(21-42)46-26/h5,8-11,17-18,24,26-27,40-41H,4,12-16,19-22H2,1-3H3,(H,39,44). The highest BCUT2D eigenvalue weighted by molar-refractivity contribution is 5.95. The van der Waals surface area contributed by atoms with Crippen LogP contribution in [0.25, 0.3) is 10.9 Å². The smallest absolute Gasteiger partial charge is 0.406 e. The molecule has 3 N–H and O–H groups in total. The molecule has 0 radical (unpaired) electrons. The monoisotopic (exact) mass is 637 g/mol. The lowest BCUT2D eigenvalue weighted by Gasteiger charge is -2.55. The number of hydrogen-bond donors (Lipinski definition) is 3. The number of alkyl halides is 3. The summed E-state index contributed by atoms with van der Waals surface area (Å²) in [5, 5.41) is 10.3. The molecule has 1 aliphatic carbocycles. The van der Waals surface area contributed by atoms with Gasteiger partial charge >= 0.3 is 6.18 Å². The van der Waals surface area contributed by atoms with Gasteiger partial charge in [0.15, 0.2) is 0 Å². The Morgan fingerprint density at radius 3 is 2.52 bits per heavy atom. The second kappa shape index (κ2) is 13.1. The maximum absolute atomic E-state index is 13.7. The number of nitrogens with zero attached hydrogens (tertiary/aromatic N) is 2. The molecule has 2 unspecified atom stereocenters. The fraction of sp³-hybridized carbons (Fsp3) is 0.514. The number of anilines is 2. The molecule has 4 aliphatic rings. The maximum Gasteiger partial charge on any atom is 0.406 e. The zero-order valence-electron chi connectivity index (χ0n) is 26.6. The van der Waals surface area contributed by atoms with E-state index in [0.29, 0.717) is 47.0 Å². The Kier molecular flexibility index (Phi) is 9.12. The van der Waals surface area contributed by atoms with Crippen LogP contribution in [0, 0.1) is 11.8 Å². The first-order chi connectivity index (χ1) is 22.0. The lowest BCUT2D eigenvalue weighted by Crippen LogP contribution is -2.64. The fourth-order valence-electron chi connectivity index (χ4n) is 7.10. The molecule has 3 saturated heterocycles. The Bertz CT molecular complexity index is 1620. The molecule has 2 atom stereocenters. The van der Waals surface area contributed by atoms with Crippen molar-refractivity contribution >= 4 is 28.2 Å². The second-order valence-electron chi connectivity index (χ2n) is 12.8. The molecular formula is C35H42F3N5O3. The van der Waals surface area contributed by atoms with Gasteiger partial charge in [0.1, 0.15) is 12.3 Å². The number of rotatable bonds is 9. The van der Waals surface area contributed by atoms with E-state index in [1.165, 1.54) is 18.1 Å². The van der Waals surface area contributed by atoms with Crippen LogP contribution >= 0.6 is 0 Å². The Morgan fingerprint density at radius 2 is 1.85 bits per heavy atom. The molecule has 1 saturated carbocycles. The van der Waals surface area contributed by atoms with Crippen molar-refractivity contribution in [3.8, 4) is 17.6 Å². The Balaban J connectivity index is 1.16. The van der Waals surface area contributed by atoms with E-state index in [1.807, 2.05) is 13.0 Å². The number of amides is 1. The molecule has 7 rings (SSSR count). The number of carbonyl (C=O) groups is 1. The maximum atomic E-state index is 13.7. The number of methoxy groups -OCH3 is 1. The first-order valence-corrected chi connectivity index (χ1v) is 16.1. The van der Waals surface area contributed by atoms with E-state index in [2.05, 4.69) is 39.6 Å². The van der Waals surface area contributed by atoms with Crippen LogP contribution in [0.2, 0.25) is 0 Å². The van der Waals surface area contributed by atoms with Crippen LogP contribution in [0.4, 0.5) is 24.5 Å². The molecule has 4 fully saturated rings. The molecule has 4 heterocycles. The summed E-state index contributed by atoms with van der Waals surface area (Å²) in [5.74, 6) is 6.21. The fourth-order valence-corrected chi connectivity index (χ4v) is 7.10. The highest BCUT2D eigenvalue weighted by Gasteiger charge is 2.46. The average Bonchev–Trinajstić information content (AvgIpc) is 3.36. The molecule has 3 aliphatic heterocycles. The molecule has 1 amide bonds. The predicted molar refractivity (Wildman–Crippen MR) is 173 cm³/mol. The van der Waals surface area contributed by atoms with Gasteiger partial charge in [-0.1, -0.05) is 12.0 Å². The van der Waals surface area contributed by atoms with Gasteiger partial charge in [-0.25, -0.2) is 0 Å². The third-order valence-electron chi connectivity index (χ3n) is 9.61. The van der Waals surface area contributed by atoms with Crippen LogP contribution in [0.5, 0.6) is 5.75 Å². The van der Waals surface area contributed by atoms with Gasteiger partial charge in [-0.2, -0.15) is 13.2 Å². The molecule has 246 valence electrons. The van der Waals surface area contributed by atoms with Crippen molar-refractivity contribution in [1.82, 2.24) is 14.8 Å². The number of halogens is 3. The quantitative estimate of drug-likeness (QED) is 0.250. The zero-order valence-corrected chi connectivity index (χ0v) is 26.6. The molecule has 1 aromatic heterocycles. The van der Waals surface area contributed by atoms with Crippen molar-refractivity contribution in [3.63, 3.8) is 0 Å². The van der Waals surface area contributed by atoms with Crippen LogP contribution in [-0.2, 0) is 11.3 Å². The molecule has 2 aromatic carbocycles. The lowest BCUT2D eigenvalue weighted by atomic mass is 9.77. The molecule has 11 heteroatoms. The van der Waals surface area contributed by atoms with Gasteiger partial charge in [-0.3, -0.25) is 9.69 Å². The van der Waals surface area contributed by atoms with Crippen LogP contribution < -0.4 is 20.7 Å². The van der Waals surface area contributed by atoms with E-state index >= 15 is 0 Å². The Morgan fingerprint density at radius 1 is 1.11 bits per heavy atom. The number of fused-ring (bicyclic) bond motifs is 3. The minimum absolute atomic E-state index is 0.160. The highest BCUT2D eigenvalue weighted by atomic mass is 19.4. The van der Waals surface area contributed by atoms with Crippen LogP contribution in [0.3, 0.4) is 0 Å². The number of piperidine rings is 1. The first kappa shape index (κ1) is 32.1. The number of benzene rings is 2. The third-order valence-corrected chi connectivity index (χ3v) is 9.61. The van der Waals surface area contributed by atoms with E-state index in [9.17, 15) is 18.0 Å². The van der Waals surface area contributed by atoms with Crippen LogP contribution in [0.1, 0.15) is 62.0 Å². The van der Waals surface area contributed by atoms with Crippen molar-refractivity contribution < 1.29 is 27.4 Å². The zero-order chi connectivity index (χ0) is 32.5. The lowest BCUT2D eigenvalue weighted by molar-refractivity contribution is -0.201. The minimum Gasteiger partial charge on any atom is -0.495 e. The molecule has 0 spiro atoms. The van der Waals surface area contributed by atoms with Gasteiger partial charge in [0.2, 0.25) is 0 Å². The predicted octanol–water partition coefficient (Wildman–Crippen LogP) is 6.01. The van der Waals surface area contributed by atoms with E-state index < -0.39 is 12.7 Å². The molecule has 46 heavy (non-hydrogen) atoms. The number of ether oxygens (including phenoxy) is 2. The van der Waals surface area contributed by atoms with Gasteiger partial charge in [0, 0.05) is 54.3 Å². The Hall–Kier alpha value is -3.88. The summed E-state index contributed by atoms with van der Waals surface area (Å²) in [5.41, 5.74) is 2.87. The summed E-state index contributed by atoms with van der Waals surface area (Å²) in [7, 11) is 1.51. The molecule has 3 aromatic rings. The second-order valence-corrected chi connectivity index (χ2v) is 12.8. The van der Waals surface area contributed by atoms with Crippen molar-refractivity contribution in [3.05, 3.63) is 53.7 Å². The summed E-state index contributed by atoms with van der Waals surface area (Å²) >= 11 is 0. The molecular weight excluding hydrogens is 595 g/mol. The van der Waals surface area contributed by atoms with E-state index in [4.69, 9.17) is 9.47 Å². The third kappa shape index (κ3) is 6.93. The normalized spacial score (nSPS) is 24.4. The summed E-state index contributed by atoms with van der Waals surface area (Å²) < 4.78 is 53.7. The van der Waals surface area contributed by atoms with Gasteiger partial charge in [-0.15, -0.1) is 0 Å². The van der Waals surface area contributed by atoms with Crippen molar-refractivity contribution in [2.24, 2.45) is 0 Å². The molecule has 2 bridgehead atoms. The number of carbonyl (C=O) groups excluding carboxylic acids is 1. The van der Waals surface area contributed by atoms with E-state index in [-0.39, 0.29) is 24.0 Å². The molecule has 8 nitrogen and oxygen atoms in total. The summed E-state index contributed by atoms with van der Waals surface area (Å²) in [6.07, 6.45) is 1.66. The van der Waals surface area contributed by atoms with Crippen LogP contribution in [-0.4, -0.2) is 78.6 Å². The van der Waals surface area contributed by atoms with Gasteiger partial charge in [0.25, 0.3) is 5.91 Å². The van der Waals surface area contributed by atoms with Gasteiger partial charge in [-0.05, 0) is 81.8 Å². The van der Waals surface area contributed by atoms with E-state index in [0.717, 1.165) is 49.8 Å². The largest absolute Gasteiger partial charge is 0.495 e. The minimum atomic E-state index is -4.41. The Labute approximate surface area is 268 Å². The van der Waals surface area contributed by atoms with Crippen molar-refractivity contribution in [1.29, 1.82) is 0 Å². The van der Waals surface area contributed by atoms with Crippen molar-refractivity contribution in [2.45, 2.75) is 82.5 Å². The van der Waals surface area contributed by atoms with Gasteiger partial charge < -0.3 is 30.0 Å². The number of aromatic nitrogens is 1.